The molecular formula is C24H32N2O5S. The molecule has 2 atom stereocenters. The Morgan fingerprint density at radius 1 is 1.16 bits per heavy atom. The molecule has 174 valence electrons. The minimum absolute atomic E-state index is 0.126. The van der Waals surface area contributed by atoms with E-state index in [1.807, 2.05) is 6.07 Å². The Bertz CT molecular complexity index is 1040. The van der Waals surface area contributed by atoms with E-state index in [2.05, 4.69) is 27.9 Å². The number of benzene rings is 1. The Hall–Kier alpha value is -1.90. The van der Waals surface area contributed by atoms with Gasteiger partial charge in [-0.1, -0.05) is 12.1 Å². The molecule has 0 saturated heterocycles. The van der Waals surface area contributed by atoms with Crippen molar-refractivity contribution < 1.29 is 22.3 Å². The molecule has 6 rings (SSSR count). The van der Waals surface area contributed by atoms with E-state index in [4.69, 9.17) is 13.9 Å². The predicted molar refractivity (Wildman–Crippen MR) is 120 cm³/mol. The molecule has 3 heterocycles. The zero-order chi connectivity index (χ0) is 22.2. The lowest BCUT2D eigenvalue weighted by Crippen LogP contribution is -2.37. The number of sulfonamides is 1. The first-order chi connectivity index (χ1) is 15.4. The van der Waals surface area contributed by atoms with Crippen LogP contribution in [0.5, 0.6) is 5.75 Å². The highest BCUT2D eigenvalue weighted by atomic mass is 32.2. The summed E-state index contributed by atoms with van der Waals surface area (Å²) in [5, 5.41) is 0. The monoisotopic (exact) mass is 460 g/mol. The summed E-state index contributed by atoms with van der Waals surface area (Å²) >= 11 is 0. The number of aromatic nitrogens is 1. The van der Waals surface area contributed by atoms with Crippen molar-refractivity contribution in [2.24, 2.45) is 0 Å². The van der Waals surface area contributed by atoms with Crippen molar-refractivity contribution in [2.75, 3.05) is 19.5 Å². The molecule has 32 heavy (non-hydrogen) atoms. The van der Waals surface area contributed by atoms with Crippen LogP contribution < -0.4 is 9.46 Å². The van der Waals surface area contributed by atoms with E-state index < -0.39 is 15.4 Å². The van der Waals surface area contributed by atoms with Crippen molar-refractivity contribution in [2.45, 2.75) is 74.8 Å². The van der Waals surface area contributed by atoms with E-state index in [-0.39, 0.29) is 12.1 Å². The van der Waals surface area contributed by atoms with Crippen molar-refractivity contribution in [3.63, 3.8) is 0 Å². The topological polar surface area (TPSA) is 90.7 Å². The summed E-state index contributed by atoms with van der Waals surface area (Å²) in [5.41, 5.74) is 0.941. The number of nitrogens with zero attached hydrogens (tertiary/aromatic N) is 1. The summed E-state index contributed by atoms with van der Waals surface area (Å²) in [7, 11) is -3.27. The van der Waals surface area contributed by atoms with Crippen LogP contribution in [0.15, 0.2) is 34.9 Å². The summed E-state index contributed by atoms with van der Waals surface area (Å²) in [6.07, 6.45) is 10.2. The minimum Gasteiger partial charge on any atom is -0.493 e. The first-order valence-corrected chi connectivity index (χ1v) is 13.5. The van der Waals surface area contributed by atoms with Gasteiger partial charge in [-0.3, -0.25) is 0 Å². The maximum atomic E-state index is 11.8. The quantitative estimate of drug-likeness (QED) is 0.735. The highest BCUT2D eigenvalue weighted by Gasteiger charge is 2.46. The van der Waals surface area contributed by atoms with Crippen molar-refractivity contribution in [1.29, 1.82) is 0 Å². The number of hydrogen-bond acceptors (Lipinski definition) is 6. The van der Waals surface area contributed by atoms with Crippen LogP contribution in [0.2, 0.25) is 0 Å². The largest absolute Gasteiger partial charge is 0.493 e. The molecule has 0 unspecified atom stereocenters. The van der Waals surface area contributed by atoms with Crippen LogP contribution >= 0.6 is 0 Å². The van der Waals surface area contributed by atoms with Gasteiger partial charge in [0.15, 0.2) is 0 Å². The van der Waals surface area contributed by atoms with Gasteiger partial charge in [-0.25, -0.2) is 18.1 Å². The third kappa shape index (κ3) is 4.87. The molecule has 0 radical (unpaired) electrons. The molecule has 2 aliphatic carbocycles. The Morgan fingerprint density at radius 2 is 2.00 bits per heavy atom. The summed E-state index contributed by atoms with van der Waals surface area (Å²) in [5.74, 6) is 2.88. The van der Waals surface area contributed by atoms with Crippen molar-refractivity contribution in [3.8, 4) is 5.75 Å². The van der Waals surface area contributed by atoms with Gasteiger partial charge in [-0.2, -0.15) is 0 Å². The highest BCUT2D eigenvalue weighted by Crippen LogP contribution is 2.43. The zero-order valence-corrected chi connectivity index (χ0v) is 19.4. The second-order valence-electron chi connectivity index (χ2n) is 9.70. The summed E-state index contributed by atoms with van der Waals surface area (Å²) < 4.78 is 45.0. The maximum absolute atomic E-state index is 11.8. The number of ether oxygens (including phenoxy) is 2. The number of rotatable bonds is 2. The van der Waals surface area contributed by atoms with Crippen LogP contribution in [0.4, 0.5) is 0 Å². The van der Waals surface area contributed by atoms with Gasteiger partial charge in [0, 0.05) is 12.5 Å². The molecular weight excluding hydrogens is 428 g/mol. The third-order valence-corrected chi connectivity index (χ3v) is 7.97. The number of hydrogen-bond donors (Lipinski definition) is 1. The number of oxazole rings is 1. The van der Waals surface area contributed by atoms with E-state index in [1.165, 1.54) is 11.8 Å². The molecule has 1 aromatic carbocycles. The zero-order valence-electron chi connectivity index (χ0n) is 18.6. The van der Waals surface area contributed by atoms with E-state index in [0.29, 0.717) is 37.9 Å². The molecule has 0 amide bonds. The molecule has 2 saturated carbocycles. The van der Waals surface area contributed by atoms with Crippen LogP contribution in [0.25, 0.3) is 0 Å². The lowest BCUT2D eigenvalue weighted by molar-refractivity contribution is -0.0103. The van der Waals surface area contributed by atoms with Crippen LogP contribution in [0, 0.1) is 0 Å². The van der Waals surface area contributed by atoms with Crippen LogP contribution in [0.1, 0.15) is 68.1 Å². The van der Waals surface area contributed by atoms with E-state index >= 15 is 0 Å². The first kappa shape index (κ1) is 21.9. The lowest BCUT2D eigenvalue weighted by Gasteiger charge is -2.33. The normalized spacial score (nSPS) is 31.0. The average molecular weight is 461 g/mol. The van der Waals surface area contributed by atoms with Gasteiger partial charge in [-0.05, 0) is 68.6 Å². The fourth-order valence-electron chi connectivity index (χ4n) is 5.55. The highest BCUT2D eigenvalue weighted by molar-refractivity contribution is 7.88. The molecule has 2 fully saturated rings. The standard InChI is InChI=1S/C24H32N2O5S/c1-32(27,28)26-19-9-11-24(14-19)16-30-20-7-5-17(6-8-20)18-3-2-4-21(13-18)29-12-10-22-15-25-23(24)31-22/h2-4,13,15,17,19-20,26H,5-12,14,16H2,1H3/t17?,19-,20?,24-/m0/s1. The van der Waals surface area contributed by atoms with E-state index in [1.54, 1.807) is 6.20 Å². The molecule has 7 nitrogen and oxygen atoms in total. The molecule has 2 aliphatic heterocycles. The SMILES string of the molecule is CS(=O)(=O)N[C@H]1CC[C@@]2(COC3CCC(CC3)c3cccc(c3)OCCc3cnc2o3)C1. The van der Waals surface area contributed by atoms with Crippen molar-refractivity contribution in [3.05, 3.63) is 47.7 Å². The van der Waals surface area contributed by atoms with E-state index in [9.17, 15) is 8.42 Å². The minimum atomic E-state index is -3.27. The fourth-order valence-corrected chi connectivity index (χ4v) is 6.36. The molecule has 1 N–H and O–H groups in total. The average Bonchev–Trinajstić information content (AvgIpc) is 3.39. The first-order valence-electron chi connectivity index (χ1n) is 11.7. The van der Waals surface area contributed by atoms with Gasteiger partial charge in [-0.15, -0.1) is 0 Å². The molecule has 2 aromatic rings. The summed E-state index contributed by atoms with van der Waals surface area (Å²) in [6.45, 7) is 1.03. The molecule has 6 bridgehead atoms. The van der Waals surface area contributed by atoms with Gasteiger partial charge in [0.25, 0.3) is 0 Å². The van der Waals surface area contributed by atoms with Crippen molar-refractivity contribution in [1.82, 2.24) is 9.71 Å². The third-order valence-electron chi connectivity index (χ3n) is 7.21. The molecule has 8 heteroatoms. The van der Waals surface area contributed by atoms with Gasteiger partial charge >= 0.3 is 0 Å². The Morgan fingerprint density at radius 3 is 2.81 bits per heavy atom. The van der Waals surface area contributed by atoms with Crippen LogP contribution in [0.3, 0.4) is 0 Å². The predicted octanol–water partition coefficient (Wildman–Crippen LogP) is 3.69. The van der Waals surface area contributed by atoms with Crippen molar-refractivity contribution >= 4 is 10.0 Å². The van der Waals surface area contributed by atoms with Crippen LogP contribution in [-0.4, -0.2) is 45.0 Å². The summed E-state index contributed by atoms with van der Waals surface area (Å²) in [4.78, 5) is 4.62. The number of nitrogens with one attached hydrogen (secondary N) is 1. The van der Waals surface area contributed by atoms with E-state index in [0.717, 1.165) is 50.0 Å². The lowest BCUT2D eigenvalue weighted by atomic mass is 9.82. The Kier molecular flexibility index (Phi) is 6.03. The second-order valence-corrected chi connectivity index (χ2v) is 11.5. The Balaban J connectivity index is 1.40. The van der Waals surface area contributed by atoms with Gasteiger partial charge in [0.2, 0.25) is 15.9 Å². The van der Waals surface area contributed by atoms with Gasteiger partial charge in [0.05, 0.1) is 37.2 Å². The summed E-state index contributed by atoms with van der Waals surface area (Å²) in [6, 6.07) is 8.33. The molecule has 1 spiro atoms. The van der Waals surface area contributed by atoms with Crippen LogP contribution in [-0.2, 0) is 26.6 Å². The second kappa shape index (κ2) is 8.80. The Labute approximate surface area is 189 Å². The fraction of sp³-hybridized carbons (Fsp3) is 0.625. The maximum Gasteiger partial charge on any atom is 0.208 e. The molecule has 4 aliphatic rings. The smallest absolute Gasteiger partial charge is 0.208 e. The van der Waals surface area contributed by atoms with Gasteiger partial charge in [0.1, 0.15) is 11.5 Å². The molecule has 1 aromatic heterocycles. The number of fused-ring (bicyclic) bond motifs is 5. The van der Waals surface area contributed by atoms with Gasteiger partial charge < -0.3 is 13.9 Å².